The average Bonchev–Trinajstić information content (AvgIpc) is 3.08. The fourth-order valence-electron chi connectivity index (χ4n) is 2.77. The molecule has 1 saturated heterocycles. The molecule has 0 bridgehead atoms. The fraction of sp³-hybridized carbons (Fsp3) is 0.588. The molecule has 2 atom stereocenters. The maximum absolute atomic E-state index is 12.1. The summed E-state index contributed by atoms with van der Waals surface area (Å²) >= 11 is 0. The van der Waals surface area contributed by atoms with E-state index in [-0.39, 0.29) is 20.5 Å². The van der Waals surface area contributed by atoms with Crippen LogP contribution in [0.2, 0.25) is 0 Å². The number of hydrogen-bond acceptors (Lipinski definition) is 5. The van der Waals surface area contributed by atoms with E-state index >= 15 is 0 Å². The second-order valence-electron chi connectivity index (χ2n) is 6.05. The van der Waals surface area contributed by atoms with Crippen molar-refractivity contribution in [1.82, 2.24) is 10.2 Å². The Kier molecular flexibility index (Phi) is 6.40. The van der Waals surface area contributed by atoms with Crippen LogP contribution in [-0.4, -0.2) is 55.7 Å². The monoisotopic (exact) mass is 338 g/mol. The van der Waals surface area contributed by atoms with Gasteiger partial charge in [0.2, 0.25) is 5.91 Å². The van der Waals surface area contributed by atoms with Crippen molar-refractivity contribution in [3.63, 3.8) is 0 Å². The predicted octanol–water partition coefficient (Wildman–Crippen LogP) is 1.64. The molecule has 134 valence electrons. The lowest BCUT2D eigenvalue weighted by molar-refractivity contribution is -0.150. The first-order valence-corrected chi connectivity index (χ1v) is 8.16. The van der Waals surface area contributed by atoms with E-state index in [1.807, 2.05) is 12.2 Å². The van der Waals surface area contributed by atoms with Crippen molar-refractivity contribution in [3.8, 4) is 0 Å². The second-order valence-corrected chi connectivity index (χ2v) is 6.05. The number of methoxy groups -OCH3 is 1. The topological polar surface area (TPSA) is 84.9 Å². The maximum atomic E-state index is 12.1. The predicted molar refractivity (Wildman–Crippen MR) is 89.2 cm³/mol. The number of rotatable bonds is 5. The second kappa shape index (κ2) is 8.52. The minimum atomic E-state index is -0.648. The zero-order valence-electron chi connectivity index (χ0n) is 14.1. The molecule has 0 aromatic rings. The third-order valence-electron chi connectivity index (χ3n) is 4.19. The zero-order chi connectivity index (χ0) is 17.5. The molecule has 0 radical (unpaired) electrons. The molecule has 2 amide bonds. The Balaban J connectivity index is 0.00000312. The van der Waals surface area contributed by atoms with Crippen molar-refractivity contribution < 1.29 is 25.3 Å². The average molecular weight is 338 g/mol. The van der Waals surface area contributed by atoms with Gasteiger partial charge in [0, 0.05) is 7.97 Å². The highest BCUT2D eigenvalue weighted by atomic mass is 16.5. The van der Waals surface area contributed by atoms with Crippen molar-refractivity contribution >= 4 is 18.0 Å². The lowest BCUT2D eigenvalue weighted by atomic mass is 9.99. The molecule has 1 fully saturated rings. The van der Waals surface area contributed by atoms with Gasteiger partial charge in [0.25, 0.3) is 0 Å². The summed E-state index contributed by atoms with van der Waals surface area (Å²) in [5, 5.41) is 2.43. The molecule has 1 heterocycles. The van der Waals surface area contributed by atoms with Crippen LogP contribution < -0.4 is 5.32 Å². The van der Waals surface area contributed by atoms with Crippen molar-refractivity contribution in [2.45, 2.75) is 32.2 Å². The van der Waals surface area contributed by atoms with Gasteiger partial charge in [-0.05, 0) is 30.8 Å². The number of esters is 1. The molecule has 7 nitrogen and oxygen atoms in total. The molecule has 0 spiro atoms. The summed E-state index contributed by atoms with van der Waals surface area (Å²) in [6, 6.07) is -0.556. The van der Waals surface area contributed by atoms with Crippen LogP contribution in [0.5, 0.6) is 0 Å². The van der Waals surface area contributed by atoms with Crippen LogP contribution in [-0.2, 0) is 19.1 Å². The Morgan fingerprint density at radius 1 is 1.42 bits per heavy atom. The van der Waals surface area contributed by atoms with Gasteiger partial charge in [0.15, 0.2) is 0 Å². The largest absolute Gasteiger partial charge is 0.467 e. The standard InChI is InChI=1S/C17H24N2O5.H2/c1-12-5-7-13(8-6-12)11-24-17(22)18-10-15(20)19-9-3-4-14(19)16(21)23-2;/h5,7-8,12,14H,3-4,6,9-11H2,1-2H3,(H,18,22);1H/t12?,14-;/m0./s1. The van der Waals surface area contributed by atoms with E-state index in [4.69, 9.17) is 9.47 Å². The fourth-order valence-corrected chi connectivity index (χ4v) is 2.77. The Morgan fingerprint density at radius 3 is 2.88 bits per heavy atom. The summed E-state index contributed by atoms with van der Waals surface area (Å²) in [4.78, 5) is 36.9. The Bertz CT molecular complexity index is 561. The van der Waals surface area contributed by atoms with Crippen LogP contribution >= 0.6 is 0 Å². The Hall–Kier alpha value is -2.31. The SMILES string of the molecule is COC(=O)[C@@H]1CCCN1C(=O)CNC(=O)OCC1=CCC(C)C=C1.[HH]. The summed E-state index contributed by atoms with van der Waals surface area (Å²) in [6.07, 6.45) is 7.66. The van der Waals surface area contributed by atoms with Crippen LogP contribution in [0, 0.1) is 5.92 Å². The van der Waals surface area contributed by atoms with Gasteiger partial charge in [0.05, 0.1) is 7.11 Å². The molecular weight excluding hydrogens is 312 g/mol. The summed E-state index contributed by atoms with van der Waals surface area (Å²) < 4.78 is 9.79. The first-order chi connectivity index (χ1) is 11.5. The molecule has 0 saturated carbocycles. The summed E-state index contributed by atoms with van der Waals surface area (Å²) in [7, 11) is 1.30. The number of nitrogens with one attached hydrogen (secondary N) is 1. The summed E-state index contributed by atoms with van der Waals surface area (Å²) in [5.41, 5.74) is 0.944. The quantitative estimate of drug-likeness (QED) is 0.771. The Morgan fingerprint density at radius 2 is 2.21 bits per heavy atom. The minimum absolute atomic E-state index is 0. The third-order valence-corrected chi connectivity index (χ3v) is 4.19. The van der Waals surface area contributed by atoms with Crippen molar-refractivity contribution in [2.75, 3.05) is 26.8 Å². The van der Waals surface area contributed by atoms with E-state index in [0.29, 0.717) is 18.9 Å². The van der Waals surface area contributed by atoms with E-state index < -0.39 is 18.1 Å². The number of alkyl carbamates (subject to hydrolysis) is 1. The molecular formula is C17H26N2O5. The number of carbonyl (C=O) groups excluding carboxylic acids is 3. The number of nitrogens with zero attached hydrogens (tertiary/aromatic N) is 1. The van der Waals surface area contributed by atoms with Crippen LogP contribution in [0.4, 0.5) is 4.79 Å². The maximum Gasteiger partial charge on any atom is 0.407 e. The van der Waals surface area contributed by atoms with Crippen molar-refractivity contribution in [1.29, 1.82) is 0 Å². The zero-order valence-corrected chi connectivity index (χ0v) is 14.1. The number of allylic oxidation sites excluding steroid dienone is 2. The lowest BCUT2D eigenvalue weighted by Gasteiger charge is -2.22. The molecule has 7 heteroatoms. The molecule has 24 heavy (non-hydrogen) atoms. The number of carbonyl (C=O) groups is 3. The Labute approximate surface area is 143 Å². The molecule has 1 N–H and O–H groups in total. The highest BCUT2D eigenvalue weighted by molar-refractivity contribution is 5.87. The molecule has 1 unspecified atom stereocenters. The number of ether oxygens (including phenoxy) is 2. The van der Waals surface area contributed by atoms with Gasteiger partial charge < -0.3 is 19.7 Å². The van der Waals surface area contributed by atoms with Gasteiger partial charge in [0.1, 0.15) is 19.2 Å². The molecule has 0 aromatic carbocycles. The molecule has 2 aliphatic rings. The highest BCUT2D eigenvalue weighted by Gasteiger charge is 2.34. The van der Waals surface area contributed by atoms with Crippen LogP contribution in [0.15, 0.2) is 23.8 Å². The summed E-state index contributed by atoms with van der Waals surface area (Å²) in [6.45, 7) is 2.59. The first kappa shape index (κ1) is 18.0. The van der Waals surface area contributed by atoms with E-state index in [0.717, 1.165) is 18.4 Å². The van der Waals surface area contributed by atoms with E-state index in [1.165, 1.54) is 12.0 Å². The van der Waals surface area contributed by atoms with Crippen molar-refractivity contribution in [3.05, 3.63) is 23.8 Å². The van der Waals surface area contributed by atoms with E-state index in [1.54, 1.807) is 0 Å². The molecule has 1 aliphatic carbocycles. The van der Waals surface area contributed by atoms with Gasteiger partial charge in [-0.2, -0.15) is 0 Å². The van der Waals surface area contributed by atoms with Gasteiger partial charge in [-0.3, -0.25) is 4.79 Å². The molecule has 1 aliphatic heterocycles. The van der Waals surface area contributed by atoms with E-state index in [9.17, 15) is 14.4 Å². The minimum Gasteiger partial charge on any atom is -0.467 e. The first-order valence-electron chi connectivity index (χ1n) is 8.16. The van der Waals surface area contributed by atoms with Crippen LogP contribution in [0.1, 0.15) is 27.6 Å². The van der Waals surface area contributed by atoms with Crippen LogP contribution in [0.25, 0.3) is 0 Å². The van der Waals surface area contributed by atoms with Crippen molar-refractivity contribution in [2.24, 2.45) is 5.92 Å². The lowest BCUT2D eigenvalue weighted by Crippen LogP contribution is -2.46. The van der Waals surface area contributed by atoms with Gasteiger partial charge in [-0.1, -0.05) is 25.2 Å². The van der Waals surface area contributed by atoms with Gasteiger partial charge in [-0.15, -0.1) is 0 Å². The van der Waals surface area contributed by atoms with E-state index in [2.05, 4.69) is 18.3 Å². The van der Waals surface area contributed by atoms with Gasteiger partial charge in [-0.25, -0.2) is 9.59 Å². The number of hydrogen-bond donors (Lipinski definition) is 1. The smallest absolute Gasteiger partial charge is 0.407 e. The molecule has 2 rings (SSSR count). The normalized spacial score (nSPS) is 22.8. The number of amides is 2. The highest BCUT2D eigenvalue weighted by Crippen LogP contribution is 2.18. The third kappa shape index (κ3) is 4.84. The molecule has 0 aromatic heterocycles. The summed E-state index contributed by atoms with van der Waals surface area (Å²) in [5.74, 6) is -0.234. The van der Waals surface area contributed by atoms with Gasteiger partial charge >= 0.3 is 12.1 Å². The number of likely N-dealkylation sites (tertiary alicyclic amines) is 1. The van der Waals surface area contributed by atoms with Crippen LogP contribution in [0.3, 0.4) is 0 Å².